The first kappa shape index (κ1) is 28.6. The molecule has 0 saturated heterocycles. The smallest absolute Gasteiger partial charge is 0.414 e. The molecule has 9 heteroatoms. The van der Waals surface area contributed by atoms with Crippen molar-refractivity contribution in [3.63, 3.8) is 0 Å². The van der Waals surface area contributed by atoms with Crippen LogP contribution in [0.4, 0.5) is 4.79 Å². The lowest BCUT2D eigenvalue weighted by Crippen LogP contribution is -2.46. The number of carbonyl (C=O) groups is 3. The number of ether oxygens (including phenoxy) is 1. The van der Waals surface area contributed by atoms with Crippen LogP contribution in [0.25, 0.3) is 0 Å². The number of aliphatic carboxylic acids is 2. The van der Waals surface area contributed by atoms with Gasteiger partial charge < -0.3 is 31.1 Å². The third-order valence-corrected chi connectivity index (χ3v) is 4.56. The first-order valence-electron chi connectivity index (χ1n) is 10.8. The van der Waals surface area contributed by atoms with E-state index in [0.29, 0.717) is 19.3 Å². The lowest BCUT2D eigenvalue weighted by molar-refractivity contribution is -0.159. The number of amides is 1. The number of alkyl carbamates (subject to hydrolysis) is 1. The Balaban J connectivity index is 0.000000852. The highest BCUT2D eigenvalue weighted by Crippen LogP contribution is 2.14. The van der Waals surface area contributed by atoms with Gasteiger partial charge in [0.15, 0.2) is 0 Å². The maximum Gasteiger partial charge on any atom is 0.414 e. The minimum Gasteiger partial charge on any atom is -0.473 e. The fourth-order valence-corrected chi connectivity index (χ4v) is 3.05. The molecule has 0 aliphatic rings. The molecule has 1 amide bonds. The first-order valence-corrected chi connectivity index (χ1v) is 10.8. The Bertz CT molecular complexity index is 886. The van der Waals surface area contributed by atoms with Gasteiger partial charge in [0.25, 0.3) is 0 Å². The molecule has 34 heavy (non-hydrogen) atoms. The predicted octanol–water partition coefficient (Wildman–Crippen LogP) is 2.60. The SMILES string of the molecule is CC(C)(C)OC(=O)N[C@@H](Cc1ccccc1)C[C@H](O)[C@@H](N)Cc1ccccc1.O=C(O)C(=O)O. The summed E-state index contributed by atoms with van der Waals surface area (Å²) < 4.78 is 5.38. The van der Waals surface area contributed by atoms with Crippen LogP contribution in [0.5, 0.6) is 0 Å². The number of carbonyl (C=O) groups excluding carboxylic acids is 1. The molecule has 186 valence electrons. The molecule has 0 radical (unpaired) electrons. The van der Waals surface area contributed by atoms with Gasteiger partial charge in [-0.1, -0.05) is 60.7 Å². The fraction of sp³-hybridized carbons (Fsp3) is 0.400. The van der Waals surface area contributed by atoms with Gasteiger partial charge in [-0.15, -0.1) is 0 Å². The van der Waals surface area contributed by atoms with Gasteiger partial charge >= 0.3 is 18.0 Å². The number of rotatable bonds is 8. The number of hydrogen-bond donors (Lipinski definition) is 5. The zero-order chi connectivity index (χ0) is 25.7. The van der Waals surface area contributed by atoms with E-state index in [-0.39, 0.29) is 6.04 Å². The number of hydrogen-bond acceptors (Lipinski definition) is 6. The quantitative estimate of drug-likeness (QED) is 0.365. The molecule has 0 bridgehead atoms. The van der Waals surface area contributed by atoms with E-state index in [1.54, 1.807) is 0 Å². The highest BCUT2D eigenvalue weighted by Gasteiger charge is 2.24. The van der Waals surface area contributed by atoms with Crippen LogP contribution in [0.15, 0.2) is 60.7 Å². The zero-order valence-corrected chi connectivity index (χ0v) is 19.7. The lowest BCUT2D eigenvalue weighted by atomic mass is 9.94. The largest absolute Gasteiger partial charge is 0.473 e. The number of carboxylic acid groups (broad SMARTS) is 2. The van der Waals surface area contributed by atoms with E-state index in [4.69, 9.17) is 30.3 Å². The molecule has 3 atom stereocenters. The monoisotopic (exact) mass is 474 g/mol. The van der Waals surface area contributed by atoms with Crippen molar-refractivity contribution < 1.29 is 34.4 Å². The van der Waals surface area contributed by atoms with E-state index in [1.165, 1.54) is 0 Å². The van der Waals surface area contributed by atoms with Crippen molar-refractivity contribution in [2.75, 3.05) is 0 Å². The van der Waals surface area contributed by atoms with E-state index >= 15 is 0 Å². The van der Waals surface area contributed by atoms with Crippen LogP contribution >= 0.6 is 0 Å². The highest BCUT2D eigenvalue weighted by molar-refractivity contribution is 6.27. The first-order chi connectivity index (χ1) is 15.9. The second-order valence-corrected chi connectivity index (χ2v) is 8.80. The third-order valence-electron chi connectivity index (χ3n) is 4.56. The summed E-state index contributed by atoms with van der Waals surface area (Å²) in [7, 11) is 0. The average Bonchev–Trinajstić information content (AvgIpc) is 2.74. The van der Waals surface area contributed by atoms with E-state index in [0.717, 1.165) is 11.1 Å². The highest BCUT2D eigenvalue weighted by atomic mass is 16.6. The Morgan fingerprint density at radius 2 is 1.32 bits per heavy atom. The molecule has 2 rings (SSSR count). The molecule has 0 aliphatic heterocycles. The number of aliphatic hydroxyl groups is 1. The summed E-state index contributed by atoms with van der Waals surface area (Å²) in [5.41, 5.74) is 7.80. The summed E-state index contributed by atoms with van der Waals surface area (Å²) in [6.45, 7) is 5.47. The maximum atomic E-state index is 12.3. The summed E-state index contributed by atoms with van der Waals surface area (Å²) in [5.74, 6) is -3.65. The van der Waals surface area contributed by atoms with Crippen molar-refractivity contribution in [2.24, 2.45) is 5.73 Å². The number of nitrogens with one attached hydrogen (secondary N) is 1. The molecular formula is C25H34N2O7. The van der Waals surface area contributed by atoms with Gasteiger partial charge in [-0.05, 0) is 51.2 Å². The van der Waals surface area contributed by atoms with Crippen molar-refractivity contribution in [1.29, 1.82) is 0 Å². The van der Waals surface area contributed by atoms with Gasteiger partial charge in [0.2, 0.25) is 0 Å². The standard InChI is InChI=1S/C23H32N2O3.C2H2O4/c1-23(2,3)28-22(27)25-19(14-17-10-6-4-7-11-17)16-21(26)20(24)15-18-12-8-5-9-13-18;3-1(4)2(5)6/h4-13,19-21,26H,14-16,24H2,1-3H3,(H,25,27);(H,3,4)(H,5,6)/t19-,20-,21-;/m0./s1. The second kappa shape index (κ2) is 14.0. The Labute approximate surface area is 199 Å². The van der Waals surface area contributed by atoms with Gasteiger partial charge in [0.05, 0.1) is 6.10 Å². The molecule has 6 N–H and O–H groups in total. The lowest BCUT2D eigenvalue weighted by Gasteiger charge is -2.27. The molecule has 2 aromatic carbocycles. The summed E-state index contributed by atoms with van der Waals surface area (Å²) in [5, 5.41) is 28.3. The van der Waals surface area contributed by atoms with Crippen LogP contribution in [0.3, 0.4) is 0 Å². The molecule has 0 aliphatic carbocycles. The fourth-order valence-electron chi connectivity index (χ4n) is 3.05. The van der Waals surface area contributed by atoms with Gasteiger partial charge in [-0.25, -0.2) is 14.4 Å². The average molecular weight is 475 g/mol. The van der Waals surface area contributed by atoms with Crippen molar-refractivity contribution in [3.8, 4) is 0 Å². The number of nitrogens with two attached hydrogens (primary N) is 1. The van der Waals surface area contributed by atoms with Crippen molar-refractivity contribution >= 4 is 18.0 Å². The van der Waals surface area contributed by atoms with Crippen LogP contribution in [-0.4, -0.2) is 57.1 Å². The van der Waals surface area contributed by atoms with Crippen LogP contribution in [0.1, 0.15) is 38.3 Å². The van der Waals surface area contributed by atoms with Crippen LogP contribution in [-0.2, 0) is 27.2 Å². The summed E-state index contributed by atoms with van der Waals surface area (Å²) >= 11 is 0. The Hall–Kier alpha value is -3.43. The van der Waals surface area contributed by atoms with Crippen LogP contribution in [0.2, 0.25) is 0 Å². The molecule has 0 unspecified atom stereocenters. The van der Waals surface area contributed by atoms with E-state index in [1.807, 2.05) is 81.4 Å². The van der Waals surface area contributed by atoms with Gasteiger partial charge in [-0.2, -0.15) is 0 Å². The van der Waals surface area contributed by atoms with Crippen molar-refractivity contribution in [1.82, 2.24) is 5.32 Å². The molecule has 9 nitrogen and oxygen atoms in total. The molecule has 0 spiro atoms. The zero-order valence-electron chi connectivity index (χ0n) is 19.7. The Kier molecular flexibility index (Phi) is 11.8. The summed E-state index contributed by atoms with van der Waals surface area (Å²) in [6.07, 6.45) is 0.283. The number of aliphatic hydroxyl groups excluding tert-OH is 1. The van der Waals surface area contributed by atoms with Crippen molar-refractivity contribution in [3.05, 3.63) is 71.8 Å². The van der Waals surface area contributed by atoms with Crippen LogP contribution in [0, 0.1) is 0 Å². The molecule has 2 aromatic rings. The molecule has 0 heterocycles. The van der Waals surface area contributed by atoms with Crippen molar-refractivity contribution in [2.45, 2.75) is 63.8 Å². The molecule has 0 aromatic heterocycles. The number of carboxylic acids is 2. The van der Waals surface area contributed by atoms with E-state index in [2.05, 4.69) is 5.32 Å². The Morgan fingerprint density at radius 3 is 1.74 bits per heavy atom. The molecular weight excluding hydrogens is 440 g/mol. The Morgan fingerprint density at radius 1 is 0.882 bits per heavy atom. The van der Waals surface area contributed by atoms with E-state index < -0.39 is 35.8 Å². The summed E-state index contributed by atoms with van der Waals surface area (Å²) in [4.78, 5) is 30.5. The van der Waals surface area contributed by atoms with Gasteiger partial charge in [0, 0.05) is 12.1 Å². The second-order valence-electron chi connectivity index (χ2n) is 8.80. The third kappa shape index (κ3) is 12.6. The van der Waals surface area contributed by atoms with Gasteiger partial charge in [-0.3, -0.25) is 0 Å². The maximum absolute atomic E-state index is 12.3. The molecule has 0 saturated carbocycles. The minimum absolute atomic E-state index is 0.283. The predicted molar refractivity (Wildman–Crippen MR) is 127 cm³/mol. The van der Waals surface area contributed by atoms with Crippen LogP contribution < -0.4 is 11.1 Å². The normalized spacial score (nSPS) is 13.4. The van der Waals surface area contributed by atoms with E-state index in [9.17, 15) is 9.90 Å². The minimum atomic E-state index is -1.82. The molecule has 0 fully saturated rings. The number of benzene rings is 2. The summed E-state index contributed by atoms with van der Waals surface area (Å²) in [6, 6.07) is 19.0. The topological polar surface area (TPSA) is 159 Å². The van der Waals surface area contributed by atoms with Gasteiger partial charge in [0.1, 0.15) is 5.60 Å².